The van der Waals surface area contributed by atoms with Gasteiger partial charge in [0.15, 0.2) is 0 Å². The van der Waals surface area contributed by atoms with Gasteiger partial charge >= 0.3 is 5.97 Å². The third kappa shape index (κ3) is 4.90. The van der Waals surface area contributed by atoms with Crippen molar-refractivity contribution < 1.29 is 19.2 Å². The number of rotatable bonds is 6. The average molecular weight is 397 g/mol. The quantitative estimate of drug-likeness (QED) is 0.454. The second-order valence-electron chi connectivity index (χ2n) is 7.29. The average Bonchev–Trinajstić information content (AvgIpc) is 2.71. The SMILES string of the molecule is CC1CCCN(c2ccc(C(=O)OCc3ccc(C(N)=O)cc3)cc2[N+](=O)[O-])C1. The Morgan fingerprint density at radius 3 is 2.52 bits per heavy atom. The Labute approximate surface area is 168 Å². The molecule has 8 nitrogen and oxygen atoms in total. The third-order valence-corrected chi connectivity index (χ3v) is 5.01. The highest BCUT2D eigenvalue weighted by Gasteiger charge is 2.25. The molecule has 0 radical (unpaired) electrons. The molecule has 0 spiro atoms. The molecule has 2 N–H and O–H groups in total. The molecule has 1 saturated heterocycles. The van der Waals surface area contributed by atoms with E-state index in [1.54, 1.807) is 36.4 Å². The number of esters is 1. The minimum atomic E-state index is -0.648. The van der Waals surface area contributed by atoms with Gasteiger partial charge in [-0.25, -0.2) is 4.79 Å². The highest BCUT2D eigenvalue weighted by molar-refractivity contribution is 5.93. The molecule has 1 aliphatic heterocycles. The molecule has 0 bridgehead atoms. The summed E-state index contributed by atoms with van der Waals surface area (Å²) in [4.78, 5) is 36.6. The van der Waals surface area contributed by atoms with E-state index < -0.39 is 16.8 Å². The molecule has 0 aromatic heterocycles. The van der Waals surface area contributed by atoms with E-state index in [1.165, 1.54) is 6.07 Å². The van der Waals surface area contributed by atoms with Crippen LogP contribution in [0.1, 0.15) is 46.0 Å². The Morgan fingerprint density at radius 1 is 1.21 bits per heavy atom. The maximum absolute atomic E-state index is 12.4. The fourth-order valence-corrected chi connectivity index (χ4v) is 3.47. The Hall–Kier alpha value is -3.42. The first-order valence-electron chi connectivity index (χ1n) is 9.44. The molecule has 2 aromatic rings. The highest BCUT2D eigenvalue weighted by atomic mass is 16.6. The molecule has 1 amide bonds. The maximum Gasteiger partial charge on any atom is 0.338 e. The van der Waals surface area contributed by atoms with Crippen molar-refractivity contribution in [3.05, 3.63) is 69.3 Å². The van der Waals surface area contributed by atoms with Crippen molar-refractivity contribution in [3.63, 3.8) is 0 Å². The largest absolute Gasteiger partial charge is 0.457 e. The Bertz CT molecular complexity index is 926. The topological polar surface area (TPSA) is 116 Å². The number of nitrogens with two attached hydrogens (primary N) is 1. The number of piperidine rings is 1. The van der Waals surface area contributed by atoms with Crippen molar-refractivity contribution in [2.45, 2.75) is 26.4 Å². The fourth-order valence-electron chi connectivity index (χ4n) is 3.47. The number of carbonyl (C=O) groups is 2. The molecule has 2 aromatic carbocycles. The fraction of sp³-hybridized carbons (Fsp3) is 0.333. The minimum Gasteiger partial charge on any atom is -0.457 e. The van der Waals surface area contributed by atoms with Crippen molar-refractivity contribution in [2.75, 3.05) is 18.0 Å². The summed E-state index contributed by atoms with van der Waals surface area (Å²) in [5.74, 6) is -0.719. The monoisotopic (exact) mass is 397 g/mol. The maximum atomic E-state index is 12.4. The number of nitrogens with zero attached hydrogens (tertiary/aromatic N) is 2. The number of carbonyl (C=O) groups excluding carboxylic acids is 2. The zero-order valence-corrected chi connectivity index (χ0v) is 16.2. The van der Waals surface area contributed by atoms with Gasteiger partial charge in [0.2, 0.25) is 5.91 Å². The zero-order valence-electron chi connectivity index (χ0n) is 16.2. The predicted molar refractivity (Wildman–Crippen MR) is 108 cm³/mol. The summed E-state index contributed by atoms with van der Waals surface area (Å²) >= 11 is 0. The van der Waals surface area contributed by atoms with Gasteiger partial charge in [0.25, 0.3) is 5.69 Å². The van der Waals surface area contributed by atoms with Crippen LogP contribution < -0.4 is 10.6 Å². The molecule has 1 atom stereocenters. The smallest absolute Gasteiger partial charge is 0.338 e. The van der Waals surface area contributed by atoms with Gasteiger partial charge in [-0.3, -0.25) is 14.9 Å². The number of hydrogen-bond donors (Lipinski definition) is 1. The van der Waals surface area contributed by atoms with Crippen molar-refractivity contribution in [1.82, 2.24) is 0 Å². The van der Waals surface area contributed by atoms with E-state index in [4.69, 9.17) is 10.5 Å². The van der Waals surface area contributed by atoms with E-state index in [9.17, 15) is 19.7 Å². The first-order chi connectivity index (χ1) is 13.8. The number of primary amides is 1. The van der Waals surface area contributed by atoms with Crippen LogP contribution in [0.3, 0.4) is 0 Å². The molecule has 29 heavy (non-hydrogen) atoms. The normalized spacial score (nSPS) is 16.3. The molecule has 0 saturated carbocycles. The number of ether oxygens (including phenoxy) is 1. The molecular formula is C21H23N3O5. The van der Waals surface area contributed by atoms with Gasteiger partial charge < -0.3 is 15.4 Å². The number of nitro groups is 1. The second-order valence-corrected chi connectivity index (χ2v) is 7.29. The summed E-state index contributed by atoms with van der Waals surface area (Å²) in [7, 11) is 0. The molecule has 3 rings (SSSR count). The summed E-state index contributed by atoms with van der Waals surface area (Å²) in [6.07, 6.45) is 2.09. The number of anilines is 1. The number of nitro benzene ring substituents is 1. The van der Waals surface area contributed by atoms with Crippen LogP contribution in [-0.2, 0) is 11.3 Å². The van der Waals surface area contributed by atoms with Crippen molar-refractivity contribution in [1.29, 1.82) is 0 Å². The van der Waals surface area contributed by atoms with Crippen LogP contribution in [0, 0.1) is 16.0 Å². The lowest BCUT2D eigenvalue weighted by molar-refractivity contribution is -0.384. The third-order valence-electron chi connectivity index (χ3n) is 5.01. The molecule has 0 aliphatic carbocycles. The Balaban J connectivity index is 1.72. The van der Waals surface area contributed by atoms with Crippen LogP contribution in [0.4, 0.5) is 11.4 Å². The zero-order chi connectivity index (χ0) is 21.0. The lowest BCUT2D eigenvalue weighted by Gasteiger charge is -2.32. The first kappa shape index (κ1) is 20.3. The summed E-state index contributed by atoms with van der Waals surface area (Å²) in [6.45, 7) is 3.62. The van der Waals surface area contributed by atoms with Gasteiger partial charge in [0.05, 0.1) is 10.5 Å². The molecule has 1 heterocycles. The van der Waals surface area contributed by atoms with Gasteiger partial charge in [-0.2, -0.15) is 0 Å². The standard InChI is InChI=1S/C21H23N3O5/c1-14-3-2-10-23(12-14)18-9-8-17(11-19(18)24(27)28)21(26)29-13-15-4-6-16(7-5-15)20(22)25/h4-9,11,14H,2-3,10,12-13H2,1H3,(H2,22,25). The molecule has 1 fully saturated rings. The van der Waals surface area contributed by atoms with Gasteiger partial charge in [-0.05, 0) is 48.6 Å². The lowest BCUT2D eigenvalue weighted by Crippen LogP contribution is -2.34. The van der Waals surface area contributed by atoms with Gasteiger partial charge in [0, 0.05) is 24.7 Å². The predicted octanol–water partition coefficient (Wildman–Crippen LogP) is 3.29. The molecular weight excluding hydrogens is 374 g/mol. The summed E-state index contributed by atoms with van der Waals surface area (Å²) in [5, 5.41) is 11.6. The van der Waals surface area contributed by atoms with Crippen LogP contribution in [0.25, 0.3) is 0 Å². The Kier molecular flexibility index (Phi) is 6.11. The number of hydrogen-bond acceptors (Lipinski definition) is 6. The number of amides is 1. The second kappa shape index (κ2) is 8.72. The first-order valence-corrected chi connectivity index (χ1v) is 9.44. The molecule has 1 unspecified atom stereocenters. The van der Waals surface area contributed by atoms with E-state index in [-0.39, 0.29) is 17.9 Å². The van der Waals surface area contributed by atoms with Crippen LogP contribution in [0.2, 0.25) is 0 Å². The summed E-state index contributed by atoms with van der Waals surface area (Å²) < 4.78 is 5.26. The van der Waals surface area contributed by atoms with Crippen LogP contribution in [0.5, 0.6) is 0 Å². The van der Waals surface area contributed by atoms with Crippen molar-refractivity contribution in [3.8, 4) is 0 Å². The van der Waals surface area contributed by atoms with Gasteiger partial charge in [0.1, 0.15) is 12.3 Å². The summed E-state index contributed by atoms with van der Waals surface area (Å²) in [6, 6.07) is 10.8. The van der Waals surface area contributed by atoms with Gasteiger partial charge in [-0.15, -0.1) is 0 Å². The summed E-state index contributed by atoms with van der Waals surface area (Å²) in [5.41, 5.74) is 6.78. The lowest BCUT2D eigenvalue weighted by atomic mass is 9.99. The molecule has 8 heteroatoms. The van der Waals surface area contributed by atoms with E-state index >= 15 is 0 Å². The van der Waals surface area contributed by atoms with Crippen LogP contribution in [0.15, 0.2) is 42.5 Å². The van der Waals surface area contributed by atoms with Crippen molar-refractivity contribution in [2.24, 2.45) is 11.7 Å². The van der Waals surface area contributed by atoms with E-state index in [2.05, 4.69) is 6.92 Å². The number of benzene rings is 2. The molecule has 152 valence electrons. The van der Waals surface area contributed by atoms with E-state index in [0.29, 0.717) is 22.7 Å². The Morgan fingerprint density at radius 2 is 1.90 bits per heavy atom. The van der Waals surface area contributed by atoms with Gasteiger partial charge in [-0.1, -0.05) is 19.1 Å². The molecule has 1 aliphatic rings. The van der Waals surface area contributed by atoms with Crippen LogP contribution in [-0.4, -0.2) is 29.9 Å². The van der Waals surface area contributed by atoms with Crippen LogP contribution >= 0.6 is 0 Å². The van der Waals surface area contributed by atoms with E-state index in [0.717, 1.165) is 25.9 Å². The van der Waals surface area contributed by atoms with E-state index in [1.807, 2.05) is 4.90 Å². The van der Waals surface area contributed by atoms with Crippen molar-refractivity contribution >= 4 is 23.3 Å². The highest BCUT2D eigenvalue weighted by Crippen LogP contribution is 2.32. The minimum absolute atomic E-state index is 0.0168.